The van der Waals surface area contributed by atoms with Crippen LogP contribution in [0.15, 0.2) is 67.3 Å². The first-order valence-corrected chi connectivity index (χ1v) is 7.53. The average Bonchev–Trinajstić information content (AvgIpc) is 3.06. The van der Waals surface area contributed by atoms with Gasteiger partial charge in [0.2, 0.25) is 0 Å². The highest BCUT2D eigenvalue weighted by molar-refractivity contribution is 6.04. The van der Waals surface area contributed by atoms with Gasteiger partial charge >= 0.3 is 0 Å². The van der Waals surface area contributed by atoms with Crippen LogP contribution >= 0.6 is 0 Å². The molecule has 7 heteroatoms. The van der Waals surface area contributed by atoms with Crippen molar-refractivity contribution >= 4 is 17.2 Å². The summed E-state index contributed by atoms with van der Waals surface area (Å²) in [6.07, 6.45) is 6.69. The Balaban J connectivity index is 1.66. The third-order valence-electron chi connectivity index (χ3n) is 3.69. The first-order chi connectivity index (χ1) is 12.2. The molecule has 122 valence electrons. The predicted molar refractivity (Wildman–Crippen MR) is 90.6 cm³/mol. The molecule has 0 radical (unpaired) electrons. The van der Waals surface area contributed by atoms with Gasteiger partial charge in [-0.15, -0.1) is 0 Å². The highest BCUT2D eigenvalue weighted by Crippen LogP contribution is 2.23. The highest BCUT2D eigenvalue weighted by Gasteiger charge is 2.13. The second-order valence-electron chi connectivity index (χ2n) is 5.31. The van der Waals surface area contributed by atoms with Crippen LogP contribution in [-0.2, 0) is 0 Å². The van der Waals surface area contributed by atoms with Gasteiger partial charge in [-0.1, -0.05) is 12.1 Å². The number of nitrogens with zero attached hydrogens (tertiary/aromatic N) is 4. The number of carbonyl (C=O) groups is 1. The number of pyridine rings is 1. The van der Waals surface area contributed by atoms with Crippen LogP contribution in [0.1, 0.15) is 10.4 Å². The number of aromatic nitrogens is 4. The molecule has 4 rings (SSSR count). The second-order valence-corrected chi connectivity index (χ2v) is 5.31. The van der Waals surface area contributed by atoms with E-state index < -0.39 is 11.7 Å². The molecule has 0 unspecified atom stereocenters. The molecule has 0 aliphatic heterocycles. The maximum atomic E-state index is 13.7. The van der Waals surface area contributed by atoms with Gasteiger partial charge in [0.25, 0.3) is 5.91 Å². The first-order valence-electron chi connectivity index (χ1n) is 7.53. The largest absolute Gasteiger partial charge is 0.322 e. The zero-order valence-electron chi connectivity index (χ0n) is 12.9. The molecule has 0 bridgehead atoms. The molecule has 3 aromatic heterocycles. The van der Waals surface area contributed by atoms with E-state index in [1.54, 1.807) is 53.6 Å². The third-order valence-corrected chi connectivity index (χ3v) is 3.69. The SMILES string of the molecule is O=C(Nc1ccnc(-c2cnn3cccnc23)c1)c1ccccc1F. The smallest absolute Gasteiger partial charge is 0.258 e. The fraction of sp³-hybridized carbons (Fsp3) is 0. The van der Waals surface area contributed by atoms with Crippen molar-refractivity contribution in [2.75, 3.05) is 5.32 Å². The van der Waals surface area contributed by atoms with Crippen molar-refractivity contribution in [2.45, 2.75) is 0 Å². The Morgan fingerprint density at radius 3 is 2.84 bits per heavy atom. The van der Waals surface area contributed by atoms with Gasteiger partial charge in [0.15, 0.2) is 5.65 Å². The number of fused-ring (bicyclic) bond motifs is 1. The highest BCUT2D eigenvalue weighted by atomic mass is 19.1. The number of hydrogen-bond acceptors (Lipinski definition) is 4. The van der Waals surface area contributed by atoms with E-state index in [2.05, 4.69) is 20.4 Å². The van der Waals surface area contributed by atoms with E-state index in [0.717, 1.165) is 5.56 Å². The van der Waals surface area contributed by atoms with E-state index in [-0.39, 0.29) is 5.56 Å². The van der Waals surface area contributed by atoms with E-state index in [1.165, 1.54) is 18.2 Å². The van der Waals surface area contributed by atoms with Crippen molar-refractivity contribution in [2.24, 2.45) is 0 Å². The predicted octanol–water partition coefficient (Wildman–Crippen LogP) is 3.18. The number of nitrogens with one attached hydrogen (secondary N) is 1. The molecule has 0 aliphatic rings. The number of carbonyl (C=O) groups excluding carboxylic acids is 1. The molecular formula is C18H12FN5O. The van der Waals surface area contributed by atoms with Crippen molar-refractivity contribution in [1.29, 1.82) is 0 Å². The summed E-state index contributed by atoms with van der Waals surface area (Å²) >= 11 is 0. The van der Waals surface area contributed by atoms with Gasteiger partial charge < -0.3 is 5.32 Å². The van der Waals surface area contributed by atoms with Crippen LogP contribution in [0, 0.1) is 5.82 Å². The normalized spacial score (nSPS) is 10.8. The van der Waals surface area contributed by atoms with Gasteiger partial charge in [0, 0.05) is 24.3 Å². The van der Waals surface area contributed by atoms with Gasteiger partial charge in [0.1, 0.15) is 5.82 Å². The van der Waals surface area contributed by atoms with Crippen molar-refractivity contribution in [1.82, 2.24) is 19.6 Å². The summed E-state index contributed by atoms with van der Waals surface area (Å²) in [5.74, 6) is -1.09. The number of benzene rings is 1. The minimum atomic E-state index is -0.568. The van der Waals surface area contributed by atoms with Crippen molar-refractivity contribution in [3.63, 3.8) is 0 Å². The Bertz CT molecular complexity index is 1080. The van der Waals surface area contributed by atoms with Crippen molar-refractivity contribution in [3.8, 4) is 11.3 Å². The average molecular weight is 333 g/mol. The molecule has 1 amide bonds. The van der Waals surface area contributed by atoms with Gasteiger partial charge in [-0.25, -0.2) is 13.9 Å². The number of rotatable bonds is 3. The minimum Gasteiger partial charge on any atom is -0.322 e. The molecule has 6 nitrogen and oxygen atoms in total. The van der Waals surface area contributed by atoms with Crippen LogP contribution in [0.25, 0.3) is 16.9 Å². The Hall–Kier alpha value is -3.61. The fourth-order valence-corrected chi connectivity index (χ4v) is 2.51. The lowest BCUT2D eigenvalue weighted by molar-refractivity contribution is 0.102. The number of anilines is 1. The topological polar surface area (TPSA) is 72.2 Å². The van der Waals surface area contributed by atoms with E-state index in [1.807, 2.05) is 0 Å². The van der Waals surface area contributed by atoms with E-state index in [4.69, 9.17) is 0 Å². The zero-order valence-corrected chi connectivity index (χ0v) is 12.9. The minimum absolute atomic E-state index is 0.0153. The number of amides is 1. The lowest BCUT2D eigenvalue weighted by Gasteiger charge is -2.07. The second kappa shape index (κ2) is 6.12. The molecule has 0 aliphatic carbocycles. The van der Waals surface area contributed by atoms with Crippen LogP contribution in [0.2, 0.25) is 0 Å². The lowest BCUT2D eigenvalue weighted by Crippen LogP contribution is -2.13. The molecule has 0 saturated carbocycles. The van der Waals surface area contributed by atoms with Crippen LogP contribution in [0.5, 0.6) is 0 Å². The summed E-state index contributed by atoms with van der Waals surface area (Å²) in [5.41, 5.74) is 2.50. The number of halogens is 1. The van der Waals surface area contributed by atoms with Crippen molar-refractivity contribution < 1.29 is 9.18 Å². The van der Waals surface area contributed by atoms with Crippen molar-refractivity contribution in [3.05, 3.63) is 78.6 Å². The zero-order chi connectivity index (χ0) is 17.2. The van der Waals surface area contributed by atoms with Gasteiger partial charge in [-0.05, 0) is 30.3 Å². The molecular weight excluding hydrogens is 321 g/mol. The molecule has 3 heterocycles. The quantitative estimate of drug-likeness (QED) is 0.625. The van der Waals surface area contributed by atoms with Crippen LogP contribution in [-0.4, -0.2) is 25.5 Å². The number of hydrogen-bond donors (Lipinski definition) is 1. The van der Waals surface area contributed by atoms with E-state index in [9.17, 15) is 9.18 Å². The van der Waals surface area contributed by atoms with Gasteiger partial charge in [-0.2, -0.15) is 5.10 Å². The summed E-state index contributed by atoms with van der Waals surface area (Å²) in [6.45, 7) is 0. The Labute approximate surface area is 142 Å². The molecule has 0 fully saturated rings. The van der Waals surface area contributed by atoms with Gasteiger partial charge in [-0.3, -0.25) is 9.78 Å². The maximum Gasteiger partial charge on any atom is 0.258 e. The standard InChI is InChI=1S/C18H12FN5O/c19-15-5-2-1-4-13(15)18(25)23-12-6-8-20-16(10-12)14-11-22-24-9-3-7-21-17(14)24/h1-11H,(H,20,23,25). The molecule has 4 aromatic rings. The summed E-state index contributed by atoms with van der Waals surface area (Å²) in [6, 6.07) is 10.9. The third kappa shape index (κ3) is 2.83. The lowest BCUT2D eigenvalue weighted by atomic mass is 10.2. The molecule has 1 aromatic carbocycles. The summed E-state index contributed by atoms with van der Waals surface area (Å²) in [5, 5.41) is 6.90. The fourth-order valence-electron chi connectivity index (χ4n) is 2.51. The van der Waals surface area contributed by atoms with E-state index in [0.29, 0.717) is 17.0 Å². The summed E-state index contributed by atoms with van der Waals surface area (Å²) in [4.78, 5) is 20.8. The maximum absolute atomic E-state index is 13.7. The Morgan fingerprint density at radius 1 is 1.08 bits per heavy atom. The van der Waals surface area contributed by atoms with Gasteiger partial charge in [0.05, 0.1) is 23.0 Å². The summed E-state index contributed by atoms with van der Waals surface area (Å²) in [7, 11) is 0. The Morgan fingerprint density at radius 2 is 1.96 bits per heavy atom. The monoisotopic (exact) mass is 333 g/mol. The molecule has 25 heavy (non-hydrogen) atoms. The molecule has 0 saturated heterocycles. The summed E-state index contributed by atoms with van der Waals surface area (Å²) < 4.78 is 15.4. The first kappa shape index (κ1) is 14.9. The molecule has 1 N–H and O–H groups in total. The van der Waals surface area contributed by atoms with Crippen LogP contribution in [0.3, 0.4) is 0 Å². The molecule has 0 spiro atoms. The molecule has 0 atom stereocenters. The van der Waals surface area contributed by atoms with Crippen LogP contribution in [0.4, 0.5) is 10.1 Å². The van der Waals surface area contributed by atoms with E-state index >= 15 is 0 Å². The Kier molecular flexibility index (Phi) is 3.66. The van der Waals surface area contributed by atoms with Crippen LogP contribution < -0.4 is 5.32 Å².